The molecule has 2 aliphatic rings. The smallest absolute Gasteiger partial charge is 0.254 e. The van der Waals surface area contributed by atoms with Gasteiger partial charge >= 0.3 is 0 Å². The van der Waals surface area contributed by atoms with E-state index in [0.29, 0.717) is 37.4 Å². The zero-order valence-electron chi connectivity index (χ0n) is 16.8. The highest BCUT2D eigenvalue weighted by molar-refractivity contribution is 6.10. The summed E-state index contributed by atoms with van der Waals surface area (Å²) in [6.07, 6.45) is -0.0648. The lowest BCUT2D eigenvalue weighted by Crippen LogP contribution is -2.51. The number of hydrogen-bond acceptors (Lipinski definition) is 5. The van der Waals surface area contributed by atoms with E-state index in [4.69, 9.17) is 4.74 Å². The van der Waals surface area contributed by atoms with Crippen LogP contribution in [-0.2, 0) is 9.59 Å². The number of fused-ring (bicyclic) bond motifs is 1. The van der Waals surface area contributed by atoms with E-state index >= 15 is 0 Å². The third-order valence-corrected chi connectivity index (χ3v) is 5.48. The summed E-state index contributed by atoms with van der Waals surface area (Å²) in [5.41, 5.74) is 1.91. The molecular weight excluding hydrogens is 384 g/mol. The summed E-state index contributed by atoms with van der Waals surface area (Å²) in [6.45, 7) is 2.48. The maximum atomic E-state index is 12.8. The van der Waals surface area contributed by atoms with Crippen molar-refractivity contribution in [1.29, 1.82) is 0 Å². The van der Waals surface area contributed by atoms with Gasteiger partial charge < -0.3 is 25.2 Å². The number of hydrogen-bond donors (Lipinski definition) is 2. The molecule has 8 heteroatoms. The Balaban J connectivity index is 1.36. The molecule has 0 saturated carbocycles. The molecule has 3 amide bonds. The van der Waals surface area contributed by atoms with Crippen molar-refractivity contribution in [2.24, 2.45) is 0 Å². The van der Waals surface area contributed by atoms with Gasteiger partial charge in [0.2, 0.25) is 11.8 Å². The molecule has 8 nitrogen and oxygen atoms in total. The average molecular weight is 408 g/mol. The molecule has 0 aliphatic carbocycles. The van der Waals surface area contributed by atoms with E-state index in [2.05, 4.69) is 15.5 Å². The first-order valence-corrected chi connectivity index (χ1v) is 9.92. The van der Waals surface area contributed by atoms with Crippen LogP contribution in [0.5, 0.6) is 5.75 Å². The molecule has 1 unspecified atom stereocenters. The molecule has 4 rings (SSSR count). The van der Waals surface area contributed by atoms with E-state index in [9.17, 15) is 14.4 Å². The summed E-state index contributed by atoms with van der Waals surface area (Å²) in [4.78, 5) is 41.7. The van der Waals surface area contributed by atoms with Crippen LogP contribution in [-0.4, -0.2) is 62.0 Å². The molecule has 2 N–H and O–H groups in total. The Bertz CT molecular complexity index is 969. The maximum absolute atomic E-state index is 12.8. The average Bonchev–Trinajstić information content (AvgIpc) is 2.90. The summed E-state index contributed by atoms with van der Waals surface area (Å²) >= 11 is 0. The van der Waals surface area contributed by atoms with E-state index in [0.717, 1.165) is 11.4 Å². The quantitative estimate of drug-likeness (QED) is 0.800. The highest BCUT2D eigenvalue weighted by atomic mass is 16.5. The van der Waals surface area contributed by atoms with Gasteiger partial charge in [-0.15, -0.1) is 0 Å². The number of methoxy groups -OCH3 is 1. The maximum Gasteiger partial charge on any atom is 0.254 e. The van der Waals surface area contributed by atoms with Gasteiger partial charge in [-0.1, -0.05) is 18.2 Å². The van der Waals surface area contributed by atoms with Crippen molar-refractivity contribution in [3.8, 4) is 5.75 Å². The van der Waals surface area contributed by atoms with Crippen molar-refractivity contribution in [3.63, 3.8) is 0 Å². The van der Waals surface area contributed by atoms with Crippen LogP contribution in [0.1, 0.15) is 16.8 Å². The number of carbonyl (C=O) groups excluding carboxylic acids is 3. The molecule has 0 radical (unpaired) electrons. The normalized spacial score (nSPS) is 18.8. The number of para-hydroxylation sites is 1. The fourth-order valence-corrected chi connectivity index (χ4v) is 3.78. The third-order valence-electron chi connectivity index (χ3n) is 5.48. The summed E-state index contributed by atoms with van der Waals surface area (Å²) in [6, 6.07) is 13.7. The Labute approximate surface area is 174 Å². The number of benzene rings is 2. The van der Waals surface area contributed by atoms with E-state index in [-0.39, 0.29) is 24.1 Å². The van der Waals surface area contributed by atoms with Gasteiger partial charge in [-0.2, -0.15) is 0 Å². The molecule has 30 heavy (non-hydrogen) atoms. The SMILES string of the molecule is COc1cccc(N2CCN(C(=O)CC3NC(=O)c4ccccc4NC3=O)CC2)c1. The number of ether oxygens (including phenoxy) is 1. The second-order valence-corrected chi connectivity index (χ2v) is 7.33. The van der Waals surface area contributed by atoms with Crippen LogP contribution in [0.3, 0.4) is 0 Å². The molecule has 2 heterocycles. The van der Waals surface area contributed by atoms with Gasteiger partial charge in [-0.25, -0.2) is 0 Å². The van der Waals surface area contributed by atoms with Crippen LogP contribution in [0.4, 0.5) is 11.4 Å². The minimum atomic E-state index is -0.895. The Hall–Kier alpha value is -3.55. The predicted octanol–water partition coefficient (Wildman–Crippen LogP) is 1.48. The zero-order valence-corrected chi connectivity index (χ0v) is 16.8. The van der Waals surface area contributed by atoms with E-state index in [1.165, 1.54) is 0 Å². The molecule has 1 atom stereocenters. The molecule has 0 spiro atoms. The number of carbonyl (C=O) groups is 3. The molecule has 0 bridgehead atoms. The molecular formula is C22H24N4O4. The van der Waals surface area contributed by atoms with E-state index in [1.807, 2.05) is 24.3 Å². The van der Waals surface area contributed by atoms with E-state index < -0.39 is 6.04 Å². The zero-order chi connectivity index (χ0) is 21.1. The second kappa shape index (κ2) is 8.44. The van der Waals surface area contributed by atoms with Crippen LogP contribution in [0.15, 0.2) is 48.5 Å². The second-order valence-electron chi connectivity index (χ2n) is 7.33. The van der Waals surface area contributed by atoms with Crippen molar-refractivity contribution < 1.29 is 19.1 Å². The fraction of sp³-hybridized carbons (Fsp3) is 0.318. The number of nitrogens with zero attached hydrogens (tertiary/aromatic N) is 2. The third kappa shape index (κ3) is 4.07. The fourth-order valence-electron chi connectivity index (χ4n) is 3.78. The lowest BCUT2D eigenvalue weighted by atomic mass is 10.1. The predicted molar refractivity (Wildman–Crippen MR) is 113 cm³/mol. The van der Waals surface area contributed by atoms with Crippen molar-refractivity contribution >= 4 is 29.1 Å². The van der Waals surface area contributed by atoms with Crippen LogP contribution >= 0.6 is 0 Å². The molecule has 1 fully saturated rings. The first kappa shape index (κ1) is 19.8. The summed E-state index contributed by atoms with van der Waals surface area (Å²) in [5, 5.41) is 5.42. The summed E-state index contributed by atoms with van der Waals surface area (Å²) in [7, 11) is 1.64. The highest BCUT2D eigenvalue weighted by Crippen LogP contribution is 2.23. The molecule has 1 saturated heterocycles. The lowest BCUT2D eigenvalue weighted by Gasteiger charge is -2.36. The largest absolute Gasteiger partial charge is 0.497 e. The van der Waals surface area contributed by atoms with Gasteiger partial charge in [0.05, 0.1) is 24.8 Å². The van der Waals surface area contributed by atoms with Gasteiger partial charge in [0.15, 0.2) is 0 Å². The minimum absolute atomic E-state index is 0.0648. The molecule has 2 aliphatic heterocycles. The Morgan fingerprint density at radius 1 is 1.07 bits per heavy atom. The topological polar surface area (TPSA) is 91.0 Å². The summed E-state index contributed by atoms with van der Waals surface area (Å²) < 4.78 is 5.28. The van der Waals surface area contributed by atoms with Crippen LogP contribution in [0, 0.1) is 0 Å². The molecule has 0 aromatic heterocycles. The first-order valence-electron chi connectivity index (χ1n) is 9.92. The highest BCUT2D eigenvalue weighted by Gasteiger charge is 2.31. The summed E-state index contributed by atoms with van der Waals surface area (Å²) in [5.74, 6) is -0.0879. The van der Waals surface area contributed by atoms with Gasteiger partial charge in [-0.3, -0.25) is 14.4 Å². The van der Waals surface area contributed by atoms with Crippen molar-refractivity contribution in [3.05, 3.63) is 54.1 Å². The van der Waals surface area contributed by atoms with Gasteiger partial charge in [0, 0.05) is 37.9 Å². The number of amides is 3. The molecule has 2 aromatic rings. The molecule has 2 aromatic carbocycles. The lowest BCUT2D eigenvalue weighted by molar-refractivity contribution is -0.134. The van der Waals surface area contributed by atoms with Crippen molar-refractivity contribution in [2.75, 3.05) is 43.5 Å². The van der Waals surface area contributed by atoms with E-state index in [1.54, 1.807) is 36.3 Å². The van der Waals surface area contributed by atoms with Gasteiger partial charge in [0.1, 0.15) is 11.8 Å². The van der Waals surface area contributed by atoms with Crippen LogP contribution in [0.2, 0.25) is 0 Å². The monoisotopic (exact) mass is 408 g/mol. The van der Waals surface area contributed by atoms with Crippen molar-refractivity contribution in [2.45, 2.75) is 12.5 Å². The molecule has 156 valence electrons. The van der Waals surface area contributed by atoms with Crippen LogP contribution in [0.25, 0.3) is 0 Å². The van der Waals surface area contributed by atoms with Crippen molar-refractivity contribution in [1.82, 2.24) is 10.2 Å². The number of anilines is 2. The number of piperazine rings is 1. The first-order chi connectivity index (χ1) is 14.5. The van der Waals surface area contributed by atoms with Gasteiger partial charge in [-0.05, 0) is 24.3 Å². The minimum Gasteiger partial charge on any atom is -0.497 e. The number of rotatable bonds is 4. The Morgan fingerprint density at radius 2 is 1.83 bits per heavy atom. The number of nitrogens with one attached hydrogen (secondary N) is 2. The Kier molecular flexibility index (Phi) is 5.56. The van der Waals surface area contributed by atoms with Gasteiger partial charge in [0.25, 0.3) is 5.91 Å². The Morgan fingerprint density at radius 3 is 2.60 bits per heavy atom. The van der Waals surface area contributed by atoms with Crippen LogP contribution < -0.4 is 20.3 Å². The standard InChI is InChI=1S/C22H24N4O4/c1-30-16-6-4-5-15(13-16)25-9-11-26(12-10-25)20(27)14-19-22(29)23-18-8-3-2-7-17(18)21(28)24-19/h2-8,13,19H,9-12,14H2,1H3,(H,23,29)(H,24,28).